The van der Waals surface area contributed by atoms with Crippen LogP contribution in [0.1, 0.15) is 21.7 Å². The van der Waals surface area contributed by atoms with Crippen LogP contribution in [0.5, 0.6) is 0 Å². The maximum atomic E-state index is 12.4. The molecule has 132 valence electrons. The molecule has 0 bridgehead atoms. The summed E-state index contributed by atoms with van der Waals surface area (Å²) in [7, 11) is 1.76. The third-order valence-corrected chi connectivity index (χ3v) is 3.89. The van der Waals surface area contributed by atoms with E-state index in [1.165, 1.54) is 0 Å². The number of amides is 1. The van der Waals surface area contributed by atoms with Crippen LogP contribution >= 0.6 is 0 Å². The molecule has 7 nitrogen and oxygen atoms in total. The molecule has 0 aromatic carbocycles. The number of rotatable bonds is 7. The molecule has 0 aliphatic rings. The number of aromatic nitrogens is 4. The highest BCUT2D eigenvalue weighted by Crippen LogP contribution is 2.07. The van der Waals surface area contributed by atoms with Crippen molar-refractivity contribution >= 4 is 11.7 Å². The molecule has 1 N–H and O–H groups in total. The van der Waals surface area contributed by atoms with Gasteiger partial charge in [-0.3, -0.25) is 14.8 Å². The smallest absolute Gasteiger partial charge is 0.274 e. The summed E-state index contributed by atoms with van der Waals surface area (Å²) in [5.41, 5.74) is 2.37. The van der Waals surface area contributed by atoms with Crippen molar-refractivity contribution in [1.82, 2.24) is 25.1 Å². The van der Waals surface area contributed by atoms with E-state index in [0.29, 0.717) is 24.6 Å². The largest absolute Gasteiger partial charge is 0.363 e. The molecule has 0 radical (unpaired) electrons. The lowest BCUT2D eigenvalue weighted by Gasteiger charge is -2.16. The van der Waals surface area contributed by atoms with Crippen molar-refractivity contribution in [3.8, 4) is 0 Å². The van der Waals surface area contributed by atoms with Crippen LogP contribution in [0, 0.1) is 0 Å². The lowest BCUT2D eigenvalue weighted by molar-refractivity contribution is 0.0789. The van der Waals surface area contributed by atoms with Gasteiger partial charge in [0.05, 0.1) is 12.2 Å². The van der Waals surface area contributed by atoms with Gasteiger partial charge in [-0.15, -0.1) is 10.2 Å². The lowest BCUT2D eigenvalue weighted by Crippen LogP contribution is -2.29. The minimum atomic E-state index is -0.150. The number of hydrogen-bond acceptors (Lipinski definition) is 6. The van der Waals surface area contributed by atoms with E-state index in [-0.39, 0.29) is 5.91 Å². The van der Waals surface area contributed by atoms with Gasteiger partial charge in [0.1, 0.15) is 5.82 Å². The van der Waals surface area contributed by atoms with Crippen LogP contribution in [0.15, 0.2) is 61.1 Å². The fourth-order valence-corrected chi connectivity index (χ4v) is 2.37. The van der Waals surface area contributed by atoms with E-state index in [0.717, 1.165) is 17.7 Å². The Labute approximate surface area is 152 Å². The van der Waals surface area contributed by atoms with Gasteiger partial charge in [-0.2, -0.15) is 0 Å². The van der Waals surface area contributed by atoms with Crippen LogP contribution < -0.4 is 5.32 Å². The molecule has 0 atom stereocenters. The van der Waals surface area contributed by atoms with Crippen molar-refractivity contribution in [3.05, 3.63) is 78.0 Å². The number of likely N-dealkylation sites (N-methyl/N-ethyl adjacent to an activating group) is 1. The predicted octanol–water partition coefficient (Wildman–Crippen LogP) is 2.19. The standard InChI is InChI=1S/C19H20N6O/c1-25(13-9-15-7-11-20-12-8-15)19(26)17-5-6-18(24-23-17)22-14-16-4-2-3-10-21-16/h2-8,10-12H,9,13-14H2,1H3,(H,22,24). The number of carbonyl (C=O) groups excluding carboxylic acids is 1. The van der Waals surface area contributed by atoms with Gasteiger partial charge in [-0.25, -0.2) is 0 Å². The Morgan fingerprint density at radius 3 is 2.58 bits per heavy atom. The van der Waals surface area contributed by atoms with Crippen LogP contribution in [0.4, 0.5) is 5.82 Å². The number of nitrogens with zero attached hydrogens (tertiary/aromatic N) is 5. The van der Waals surface area contributed by atoms with Crippen molar-refractivity contribution in [2.24, 2.45) is 0 Å². The highest BCUT2D eigenvalue weighted by molar-refractivity contribution is 5.92. The summed E-state index contributed by atoms with van der Waals surface area (Å²) < 4.78 is 0. The predicted molar refractivity (Wildman–Crippen MR) is 98.5 cm³/mol. The lowest BCUT2D eigenvalue weighted by atomic mass is 10.2. The molecule has 3 aromatic heterocycles. The van der Waals surface area contributed by atoms with Gasteiger partial charge in [-0.1, -0.05) is 6.07 Å². The van der Waals surface area contributed by atoms with Crippen molar-refractivity contribution in [2.45, 2.75) is 13.0 Å². The molecule has 0 saturated carbocycles. The summed E-state index contributed by atoms with van der Waals surface area (Å²) in [6.07, 6.45) is 6.01. The number of pyridine rings is 2. The molecule has 26 heavy (non-hydrogen) atoms. The topological polar surface area (TPSA) is 83.9 Å². The molecule has 3 heterocycles. The average molecular weight is 348 g/mol. The van der Waals surface area contributed by atoms with Crippen molar-refractivity contribution in [3.63, 3.8) is 0 Å². The summed E-state index contributed by atoms with van der Waals surface area (Å²) in [5, 5.41) is 11.2. The second-order valence-electron chi connectivity index (χ2n) is 5.81. The average Bonchev–Trinajstić information content (AvgIpc) is 2.72. The van der Waals surface area contributed by atoms with Crippen LogP contribution in [-0.2, 0) is 13.0 Å². The Balaban J connectivity index is 1.52. The molecule has 3 aromatic rings. The Bertz CT molecular complexity index is 824. The fourth-order valence-electron chi connectivity index (χ4n) is 2.37. The minimum absolute atomic E-state index is 0.150. The molecule has 0 aliphatic carbocycles. The number of carbonyl (C=O) groups is 1. The second kappa shape index (κ2) is 8.66. The van der Waals surface area contributed by atoms with E-state index in [1.807, 2.05) is 30.3 Å². The summed E-state index contributed by atoms with van der Waals surface area (Å²) in [6, 6.07) is 13.0. The van der Waals surface area contributed by atoms with E-state index in [4.69, 9.17) is 0 Å². The summed E-state index contributed by atoms with van der Waals surface area (Å²) in [4.78, 5) is 22.3. The molecule has 1 amide bonds. The van der Waals surface area contributed by atoms with Crippen LogP contribution in [0.2, 0.25) is 0 Å². The maximum Gasteiger partial charge on any atom is 0.274 e. The molecule has 0 fully saturated rings. The van der Waals surface area contributed by atoms with E-state index < -0.39 is 0 Å². The Hall–Kier alpha value is -3.35. The third-order valence-electron chi connectivity index (χ3n) is 3.89. The van der Waals surface area contributed by atoms with Gasteiger partial charge >= 0.3 is 0 Å². The van der Waals surface area contributed by atoms with Gasteiger partial charge in [0.15, 0.2) is 5.69 Å². The van der Waals surface area contributed by atoms with Crippen molar-refractivity contribution in [2.75, 3.05) is 18.9 Å². The van der Waals surface area contributed by atoms with E-state index >= 15 is 0 Å². The SMILES string of the molecule is CN(CCc1ccncc1)C(=O)c1ccc(NCc2ccccn2)nn1. The minimum Gasteiger partial charge on any atom is -0.363 e. The molecule has 0 unspecified atom stereocenters. The van der Waals surface area contributed by atoms with Gasteiger partial charge in [0.2, 0.25) is 0 Å². The van der Waals surface area contributed by atoms with Crippen LogP contribution in [0.3, 0.4) is 0 Å². The first-order chi connectivity index (χ1) is 12.7. The number of nitrogens with one attached hydrogen (secondary N) is 1. The molecule has 0 aliphatic heterocycles. The third kappa shape index (κ3) is 4.83. The molecule has 0 spiro atoms. The zero-order valence-electron chi connectivity index (χ0n) is 14.5. The van der Waals surface area contributed by atoms with Crippen LogP contribution in [0.25, 0.3) is 0 Å². The van der Waals surface area contributed by atoms with Crippen LogP contribution in [-0.4, -0.2) is 44.6 Å². The molecular weight excluding hydrogens is 328 g/mol. The van der Waals surface area contributed by atoms with E-state index in [2.05, 4.69) is 25.5 Å². The monoisotopic (exact) mass is 348 g/mol. The van der Waals surface area contributed by atoms with Gasteiger partial charge < -0.3 is 10.2 Å². The first-order valence-electron chi connectivity index (χ1n) is 8.34. The Kier molecular flexibility index (Phi) is 5.82. The first kappa shape index (κ1) is 17.5. The Morgan fingerprint density at radius 1 is 1.04 bits per heavy atom. The molecular formula is C19H20N6O. The molecule has 3 rings (SSSR count). The van der Waals surface area contributed by atoms with Gasteiger partial charge in [-0.05, 0) is 48.4 Å². The summed E-state index contributed by atoms with van der Waals surface area (Å²) in [5.74, 6) is 0.453. The fraction of sp³-hybridized carbons (Fsp3) is 0.211. The van der Waals surface area contributed by atoms with Crippen molar-refractivity contribution in [1.29, 1.82) is 0 Å². The van der Waals surface area contributed by atoms with E-state index in [9.17, 15) is 4.79 Å². The van der Waals surface area contributed by atoms with E-state index in [1.54, 1.807) is 42.7 Å². The second-order valence-corrected chi connectivity index (χ2v) is 5.81. The quantitative estimate of drug-likeness (QED) is 0.705. The molecule has 0 saturated heterocycles. The van der Waals surface area contributed by atoms with Gasteiger partial charge in [0, 0.05) is 32.2 Å². The summed E-state index contributed by atoms with van der Waals surface area (Å²) in [6.45, 7) is 1.15. The first-order valence-corrected chi connectivity index (χ1v) is 8.34. The highest BCUT2D eigenvalue weighted by Gasteiger charge is 2.13. The number of anilines is 1. The normalized spacial score (nSPS) is 10.3. The van der Waals surface area contributed by atoms with Crippen molar-refractivity contribution < 1.29 is 4.79 Å². The highest BCUT2D eigenvalue weighted by atomic mass is 16.2. The maximum absolute atomic E-state index is 12.4. The molecule has 7 heteroatoms. The summed E-state index contributed by atoms with van der Waals surface area (Å²) >= 11 is 0. The van der Waals surface area contributed by atoms with Gasteiger partial charge in [0.25, 0.3) is 5.91 Å². The zero-order chi connectivity index (χ0) is 18.2. The Morgan fingerprint density at radius 2 is 1.88 bits per heavy atom. The zero-order valence-corrected chi connectivity index (χ0v) is 14.5. The number of hydrogen-bond donors (Lipinski definition) is 1.